The van der Waals surface area contributed by atoms with Crippen molar-refractivity contribution in [2.24, 2.45) is 5.41 Å². The van der Waals surface area contributed by atoms with E-state index in [9.17, 15) is 9.59 Å². The monoisotopic (exact) mass is 355 g/mol. The van der Waals surface area contributed by atoms with Crippen LogP contribution in [0, 0.1) is 12.3 Å². The Morgan fingerprint density at radius 3 is 2.31 bits per heavy atom. The molecule has 1 aromatic carbocycles. The van der Waals surface area contributed by atoms with Gasteiger partial charge in [0.1, 0.15) is 11.5 Å². The fraction of sp³-hybridized carbons (Fsp3) is 0.350. The highest BCUT2D eigenvalue weighted by molar-refractivity contribution is 6.03. The second-order valence-electron chi connectivity index (χ2n) is 7.64. The second-order valence-corrected chi connectivity index (χ2v) is 7.64. The summed E-state index contributed by atoms with van der Waals surface area (Å²) in [5.74, 6) is -0.594. The first-order chi connectivity index (χ1) is 12.0. The number of carboxylic acids is 1. The summed E-state index contributed by atoms with van der Waals surface area (Å²) in [6, 6.07) is 9.70. The van der Waals surface area contributed by atoms with Crippen LogP contribution in [0.2, 0.25) is 0 Å². The Balaban J connectivity index is 2.19. The normalized spacial score (nSPS) is 11.1. The molecule has 0 fully saturated rings. The number of carbonyl (C=O) groups is 2. The van der Waals surface area contributed by atoms with Gasteiger partial charge in [0.05, 0.1) is 5.56 Å². The molecule has 0 bridgehead atoms. The van der Waals surface area contributed by atoms with Crippen LogP contribution < -0.4 is 10.2 Å². The number of carboxylic acid groups (broad SMARTS) is 1. The van der Waals surface area contributed by atoms with Crippen LogP contribution in [0.4, 0.5) is 11.5 Å². The van der Waals surface area contributed by atoms with Crippen molar-refractivity contribution in [3.8, 4) is 0 Å². The molecule has 1 heterocycles. The molecule has 2 aromatic rings. The summed E-state index contributed by atoms with van der Waals surface area (Å²) >= 11 is 0. The van der Waals surface area contributed by atoms with Gasteiger partial charge >= 0.3 is 5.97 Å². The molecule has 138 valence electrons. The first-order valence-electron chi connectivity index (χ1n) is 8.40. The van der Waals surface area contributed by atoms with E-state index in [0.29, 0.717) is 11.4 Å². The number of aromatic carboxylic acids is 1. The van der Waals surface area contributed by atoms with Crippen molar-refractivity contribution < 1.29 is 14.7 Å². The second kappa shape index (κ2) is 7.56. The fourth-order valence-electron chi connectivity index (χ4n) is 2.64. The maximum absolute atomic E-state index is 12.5. The Morgan fingerprint density at radius 2 is 1.77 bits per heavy atom. The van der Waals surface area contributed by atoms with E-state index in [4.69, 9.17) is 5.11 Å². The fourth-order valence-corrected chi connectivity index (χ4v) is 2.64. The van der Waals surface area contributed by atoms with Crippen molar-refractivity contribution >= 4 is 23.4 Å². The van der Waals surface area contributed by atoms with Gasteiger partial charge in [0, 0.05) is 19.3 Å². The van der Waals surface area contributed by atoms with Crippen molar-refractivity contribution in [1.82, 2.24) is 4.98 Å². The van der Waals surface area contributed by atoms with E-state index >= 15 is 0 Å². The molecular weight excluding hydrogens is 330 g/mol. The summed E-state index contributed by atoms with van der Waals surface area (Å²) in [6.45, 7) is 9.17. The van der Waals surface area contributed by atoms with Crippen molar-refractivity contribution in [2.45, 2.75) is 27.7 Å². The van der Waals surface area contributed by atoms with Crippen LogP contribution in [0.25, 0.3) is 0 Å². The number of anilines is 2. The average Bonchev–Trinajstić information content (AvgIpc) is 2.53. The van der Waals surface area contributed by atoms with E-state index in [1.807, 2.05) is 24.9 Å². The Bertz CT molecular complexity index is 808. The van der Waals surface area contributed by atoms with Gasteiger partial charge in [0.2, 0.25) is 0 Å². The van der Waals surface area contributed by atoms with Crippen LogP contribution in [0.3, 0.4) is 0 Å². The maximum Gasteiger partial charge on any atom is 0.335 e. The zero-order valence-corrected chi connectivity index (χ0v) is 15.8. The minimum Gasteiger partial charge on any atom is -0.478 e. The van der Waals surface area contributed by atoms with Gasteiger partial charge in [0.25, 0.3) is 5.91 Å². The van der Waals surface area contributed by atoms with Gasteiger partial charge in [-0.1, -0.05) is 20.8 Å². The molecule has 2 rings (SSSR count). The topological polar surface area (TPSA) is 82.5 Å². The molecule has 0 atom stereocenters. The first kappa shape index (κ1) is 19.4. The van der Waals surface area contributed by atoms with Gasteiger partial charge in [-0.25, -0.2) is 9.78 Å². The predicted octanol–water partition coefficient (Wildman–Crippen LogP) is 3.82. The summed E-state index contributed by atoms with van der Waals surface area (Å²) in [4.78, 5) is 29.9. The lowest BCUT2D eigenvalue weighted by Gasteiger charge is -2.27. The van der Waals surface area contributed by atoms with Crippen LogP contribution in [-0.4, -0.2) is 35.6 Å². The third kappa shape index (κ3) is 5.31. The molecule has 0 aliphatic rings. The molecule has 0 saturated carbocycles. The predicted molar refractivity (Wildman–Crippen MR) is 103 cm³/mol. The number of rotatable bonds is 5. The largest absolute Gasteiger partial charge is 0.478 e. The van der Waals surface area contributed by atoms with Gasteiger partial charge in [-0.15, -0.1) is 0 Å². The van der Waals surface area contributed by atoms with Crippen molar-refractivity contribution in [3.05, 3.63) is 53.2 Å². The molecule has 0 unspecified atom stereocenters. The lowest BCUT2D eigenvalue weighted by molar-refractivity contribution is 0.0696. The van der Waals surface area contributed by atoms with Crippen LogP contribution >= 0.6 is 0 Å². The lowest BCUT2D eigenvalue weighted by atomic mass is 9.96. The quantitative estimate of drug-likeness (QED) is 0.852. The molecule has 0 spiro atoms. The highest BCUT2D eigenvalue weighted by Crippen LogP contribution is 2.21. The highest BCUT2D eigenvalue weighted by Gasteiger charge is 2.17. The molecule has 1 amide bonds. The Kier molecular flexibility index (Phi) is 5.65. The molecule has 0 saturated heterocycles. The number of hydrogen-bond donors (Lipinski definition) is 2. The van der Waals surface area contributed by atoms with Gasteiger partial charge in [-0.3, -0.25) is 4.79 Å². The van der Waals surface area contributed by atoms with Crippen LogP contribution in [0.1, 0.15) is 47.2 Å². The number of aryl methyl sites for hydroxylation is 1. The number of carbonyl (C=O) groups excluding carboxylic acids is 1. The number of aromatic nitrogens is 1. The summed E-state index contributed by atoms with van der Waals surface area (Å²) in [7, 11) is 1.96. The zero-order chi connectivity index (χ0) is 19.5. The lowest BCUT2D eigenvalue weighted by Crippen LogP contribution is -2.30. The molecular formula is C20H25N3O3. The van der Waals surface area contributed by atoms with E-state index in [1.54, 1.807) is 18.2 Å². The van der Waals surface area contributed by atoms with Crippen LogP contribution in [0.5, 0.6) is 0 Å². The van der Waals surface area contributed by atoms with Crippen LogP contribution in [0.15, 0.2) is 36.4 Å². The molecule has 0 aliphatic carbocycles. The summed E-state index contributed by atoms with van der Waals surface area (Å²) in [5.41, 5.74) is 2.06. The van der Waals surface area contributed by atoms with E-state index in [1.165, 1.54) is 12.1 Å². The van der Waals surface area contributed by atoms with Crippen molar-refractivity contribution in [3.63, 3.8) is 0 Å². The molecule has 0 aliphatic heterocycles. The summed E-state index contributed by atoms with van der Waals surface area (Å²) in [6.07, 6.45) is 0. The SMILES string of the molecule is Cc1cc(C(=O)Nc2ccc(C(=O)O)cc2)nc(N(C)CC(C)(C)C)c1. The molecule has 0 radical (unpaired) electrons. The molecule has 6 heteroatoms. The van der Waals surface area contributed by atoms with Gasteiger partial charge in [0.15, 0.2) is 0 Å². The Morgan fingerprint density at radius 1 is 1.15 bits per heavy atom. The van der Waals surface area contributed by atoms with Crippen LogP contribution in [-0.2, 0) is 0 Å². The zero-order valence-electron chi connectivity index (χ0n) is 15.8. The minimum atomic E-state index is -1.00. The van der Waals surface area contributed by atoms with Crippen molar-refractivity contribution in [2.75, 3.05) is 23.8 Å². The first-order valence-corrected chi connectivity index (χ1v) is 8.40. The van der Waals surface area contributed by atoms with E-state index in [0.717, 1.165) is 17.9 Å². The smallest absolute Gasteiger partial charge is 0.335 e. The summed E-state index contributed by atoms with van der Waals surface area (Å²) < 4.78 is 0. The molecule has 26 heavy (non-hydrogen) atoms. The third-order valence-corrected chi connectivity index (χ3v) is 3.68. The Labute approximate surface area is 153 Å². The van der Waals surface area contributed by atoms with E-state index in [-0.39, 0.29) is 16.9 Å². The highest BCUT2D eigenvalue weighted by atomic mass is 16.4. The molecule has 1 aromatic heterocycles. The minimum absolute atomic E-state index is 0.106. The number of benzene rings is 1. The van der Waals surface area contributed by atoms with Gasteiger partial charge < -0.3 is 15.3 Å². The number of nitrogens with zero attached hydrogens (tertiary/aromatic N) is 2. The average molecular weight is 355 g/mol. The number of pyridine rings is 1. The Hall–Kier alpha value is -2.89. The number of amides is 1. The maximum atomic E-state index is 12.5. The van der Waals surface area contributed by atoms with E-state index in [2.05, 4.69) is 31.1 Å². The van der Waals surface area contributed by atoms with Gasteiger partial charge in [-0.2, -0.15) is 0 Å². The molecule has 6 nitrogen and oxygen atoms in total. The van der Waals surface area contributed by atoms with Gasteiger partial charge in [-0.05, 0) is 54.3 Å². The third-order valence-electron chi connectivity index (χ3n) is 3.68. The van der Waals surface area contributed by atoms with Crippen molar-refractivity contribution in [1.29, 1.82) is 0 Å². The summed E-state index contributed by atoms with van der Waals surface area (Å²) in [5, 5.41) is 11.7. The number of nitrogens with one attached hydrogen (secondary N) is 1. The standard InChI is InChI=1S/C20H25N3O3/c1-13-10-16(22-17(11-13)23(5)12-20(2,3)4)18(24)21-15-8-6-14(7-9-15)19(25)26/h6-11H,12H2,1-5H3,(H,21,24)(H,25,26). The van der Waals surface area contributed by atoms with E-state index < -0.39 is 5.97 Å². The molecule has 2 N–H and O–H groups in total. The number of hydrogen-bond acceptors (Lipinski definition) is 4.